The molecule has 12 heavy (non-hydrogen) atoms. The van der Waals surface area contributed by atoms with E-state index in [1.165, 1.54) is 0 Å². The maximum atomic E-state index is 5.75. The Hall–Kier alpha value is -0.640. The predicted molar refractivity (Wildman–Crippen MR) is 50.1 cm³/mol. The van der Waals surface area contributed by atoms with E-state index in [0.29, 0.717) is 16.5 Å². The third kappa shape index (κ3) is 2.44. The first-order valence-corrected chi connectivity index (χ1v) is 3.36. The lowest BCUT2D eigenvalue weighted by molar-refractivity contribution is 0.333. The lowest BCUT2D eigenvalue weighted by atomic mass is 10.3. The molecule has 5 heteroatoms. The van der Waals surface area contributed by atoms with Gasteiger partial charge in [-0.15, -0.1) is 12.4 Å². The van der Waals surface area contributed by atoms with E-state index in [2.05, 4.69) is 4.84 Å². The number of ether oxygens (including phenoxy) is 1. The molecule has 0 bridgehead atoms. The molecule has 0 saturated carbocycles. The summed E-state index contributed by atoms with van der Waals surface area (Å²) < 4.78 is 4.92. The van der Waals surface area contributed by atoms with Crippen LogP contribution in [0.4, 0.5) is 0 Å². The molecule has 0 amide bonds. The highest BCUT2D eigenvalue weighted by molar-refractivity contribution is 6.32. The molecule has 1 rings (SSSR count). The summed E-state index contributed by atoms with van der Waals surface area (Å²) in [6.45, 7) is 0. The van der Waals surface area contributed by atoms with Gasteiger partial charge in [-0.05, 0) is 12.1 Å². The molecule has 3 nitrogen and oxygen atoms in total. The minimum absolute atomic E-state index is 0. The van der Waals surface area contributed by atoms with Crippen molar-refractivity contribution in [3.8, 4) is 11.5 Å². The van der Waals surface area contributed by atoms with Gasteiger partial charge in [0.25, 0.3) is 0 Å². The van der Waals surface area contributed by atoms with Gasteiger partial charge in [0.05, 0.1) is 12.1 Å². The molecular formula is C7H9Cl2NO2. The highest BCUT2D eigenvalue weighted by Crippen LogP contribution is 2.27. The zero-order chi connectivity index (χ0) is 8.27. The SMILES string of the molecule is COc1ccc(ON)cc1Cl.Cl. The lowest BCUT2D eigenvalue weighted by Crippen LogP contribution is -2.01. The molecular weight excluding hydrogens is 201 g/mol. The molecule has 1 aromatic rings. The molecule has 0 spiro atoms. The lowest BCUT2D eigenvalue weighted by Gasteiger charge is -2.03. The average molecular weight is 210 g/mol. The van der Waals surface area contributed by atoms with Crippen molar-refractivity contribution in [2.75, 3.05) is 7.11 Å². The van der Waals surface area contributed by atoms with Crippen LogP contribution in [0.5, 0.6) is 11.5 Å². The summed E-state index contributed by atoms with van der Waals surface area (Å²) in [5.74, 6) is 6.02. The molecule has 0 saturated heterocycles. The summed E-state index contributed by atoms with van der Waals surface area (Å²) in [7, 11) is 1.55. The van der Waals surface area contributed by atoms with Gasteiger partial charge in [0.2, 0.25) is 0 Å². The second-order valence-electron chi connectivity index (χ2n) is 1.91. The Morgan fingerprint density at radius 1 is 1.42 bits per heavy atom. The molecule has 0 aromatic heterocycles. The summed E-state index contributed by atoms with van der Waals surface area (Å²) in [4.78, 5) is 4.45. The molecule has 0 heterocycles. The van der Waals surface area contributed by atoms with Gasteiger partial charge < -0.3 is 9.57 Å². The van der Waals surface area contributed by atoms with E-state index in [4.69, 9.17) is 22.2 Å². The molecule has 68 valence electrons. The summed E-state index contributed by atoms with van der Waals surface area (Å²) in [6.07, 6.45) is 0. The fourth-order valence-corrected chi connectivity index (χ4v) is 0.968. The Kier molecular flexibility index (Phi) is 4.81. The van der Waals surface area contributed by atoms with Crippen LogP contribution in [-0.4, -0.2) is 7.11 Å². The summed E-state index contributed by atoms with van der Waals surface area (Å²) in [5.41, 5.74) is 0. The number of nitrogens with two attached hydrogens (primary N) is 1. The van der Waals surface area contributed by atoms with Crippen LogP contribution in [0.15, 0.2) is 18.2 Å². The smallest absolute Gasteiger partial charge is 0.148 e. The Balaban J connectivity index is 0.00000121. The van der Waals surface area contributed by atoms with Crippen molar-refractivity contribution in [2.45, 2.75) is 0 Å². The van der Waals surface area contributed by atoms with Crippen LogP contribution >= 0.6 is 24.0 Å². The number of halogens is 2. The molecule has 0 fully saturated rings. The normalized spacial score (nSPS) is 8.58. The highest BCUT2D eigenvalue weighted by Gasteiger charge is 2.00. The van der Waals surface area contributed by atoms with E-state index >= 15 is 0 Å². The summed E-state index contributed by atoms with van der Waals surface area (Å²) in [6, 6.07) is 4.94. The van der Waals surface area contributed by atoms with Crippen molar-refractivity contribution < 1.29 is 9.57 Å². The van der Waals surface area contributed by atoms with Crippen molar-refractivity contribution in [3.63, 3.8) is 0 Å². The second-order valence-corrected chi connectivity index (χ2v) is 2.32. The van der Waals surface area contributed by atoms with Gasteiger partial charge in [-0.1, -0.05) is 11.6 Å². The summed E-state index contributed by atoms with van der Waals surface area (Å²) >= 11 is 5.75. The molecule has 0 aliphatic carbocycles. The number of hydrogen-bond acceptors (Lipinski definition) is 3. The van der Waals surface area contributed by atoms with Gasteiger partial charge in [-0.3, -0.25) is 0 Å². The Bertz CT molecular complexity index is 255. The van der Waals surface area contributed by atoms with E-state index in [0.717, 1.165) is 0 Å². The molecule has 0 aliphatic rings. The van der Waals surface area contributed by atoms with E-state index < -0.39 is 0 Å². The quantitative estimate of drug-likeness (QED) is 0.759. The molecule has 0 unspecified atom stereocenters. The second kappa shape index (κ2) is 5.09. The molecule has 2 N–H and O–H groups in total. The van der Waals surface area contributed by atoms with E-state index in [1.54, 1.807) is 25.3 Å². The minimum atomic E-state index is 0. The third-order valence-electron chi connectivity index (χ3n) is 1.26. The van der Waals surface area contributed by atoms with Gasteiger partial charge in [0, 0.05) is 6.07 Å². The highest BCUT2D eigenvalue weighted by atomic mass is 35.5. The van der Waals surface area contributed by atoms with Crippen LogP contribution < -0.4 is 15.5 Å². The molecule has 0 aliphatic heterocycles. The fourth-order valence-electron chi connectivity index (χ4n) is 0.720. The first kappa shape index (κ1) is 11.4. The summed E-state index contributed by atoms with van der Waals surface area (Å²) in [5, 5.41) is 0.482. The predicted octanol–water partition coefficient (Wildman–Crippen LogP) is 2.02. The van der Waals surface area contributed by atoms with Crippen LogP contribution in [0.25, 0.3) is 0 Å². The fraction of sp³-hybridized carbons (Fsp3) is 0.143. The topological polar surface area (TPSA) is 44.5 Å². The average Bonchev–Trinajstić information content (AvgIpc) is 2.04. The van der Waals surface area contributed by atoms with Crippen LogP contribution in [0.2, 0.25) is 5.02 Å². The number of rotatable bonds is 2. The van der Waals surface area contributed by atoms with Crippen molar-refractivity contribution in [3.05, 3.63) is 23.2 Å². The Morgan fingerprint density at radius 3 is 2.50 bits per heavy atom. The van der Waals surface area contributed by atoms with E-state index in [-0.39, 0.29) is 12.4 Å². The standard InChI is InChI=1S/C7H8ClNO2.ClH/c1-10-7-3-2-5(11-9)4-6(7)8;/h2-4H,9H2,1H3;1H. The van der Waals surface area contributed by atoms with Crippen LogP contribution in [0.3, 0.4) is 0 Å². The number of hydrogen-bond donors (Lipinski definition) is 1. The largest absolute Gasteiger partial charge is 0.495 e. The van der Waals surface area contributed by atoms with Gasteiger partial charge in [-0.25, -0.2) is 0 Å². The van der Waals surface area contributed by atoms with Gasteiger partial charge in [0.1, 0.15) is 11.5 Å². The Labute approximate surface area is 81.8 Å². The van der Waals surface area contributed by atoms with Gasteiger partial charge in [-0.2, -0.15) is 5.90 Å². The van der Waals surface area contributed by atoms with Crippen molar-refractivity contribution in [1.82, 2.24) is 0 Å². The van der Waals surface area contributed by atoms with Gasteiger partial charge >= 0.3 is 0 Å². The number of methoxy groups -OCH3 is 1. The zero-order valence-corrected chi connectivity index (χ0v) is 7.98. The first-order chi connectivity index (χ1) is 5.27. The minimum Gasteiger partial charge on any atom is -0.495 e. The zero-order valence-electron chi connectivity index (χ0n) is 6.41. The van der Waals surface area contributed by atoms with Crippen molar-refractivity contribution >= 4 is 24.0 Å². The maximum absolute atomic E-state index is 5.75. The van der Waals surface area contributed by atoms with Crippen LogP contribution in [-0.2, 0) is 0 Å². The van der Waals surface area contributed by atoms with Gasteiger partial charge in [0.15, 0.2) is 0 Å². The van der Waals surface area contributed by atoms with Crippen molar-refractivity contribution in [2.24, 2.45) is 5.90 Å². The Morgan fingerprint density at radius 2 is 2.08 bits per heavy atom. The van der Waals surface area contributed by atoms with Crippen molar-refractivity contribution in [1.29, 1.82) is 0 Å². The molecule has 0 atom stereocenters. The number of benzene rings is 1. The third-order valence-corrected chi connectivity index (χ3v) is 1.55. The van der Waals surface area contributed by atoms with Crippen LogP contribution in [0.1, 0.15) is 0 Å². The van der Waals surface area contributed by atoms with Crippen LogP contribution in [0, 0.1) is 0 Å². The van der Waals surface area contributed by atoms with E-state index in [9.17, 15) is 0 Å². The first-order valence-electron chi connectivity index (χ1n) is 2.98. The molecule has 0 radical (unpaired) electrons. The molecule has 1 aromatic carbocycles. The maximum Gasteiger partial charge on any atom is 0.148 e. The van der Waals surface area contributed by atoms with E-state index in [1.807, 2.05) is 0 Å². The monoisotopic (exact) mass is 209 g/mol.